The second-order valence-electron chi connectivity index (χ2n) is 3.26. The van der Waals surface area contributed by atoms with Crippen molar-refractivity contribution in [2.24, 2.45) is 0 Å². The Morgan fingerprint density at radius 3 is 3.13 bits per heavy atom. The van der Waals surface area contributed by atoms with Gasteiger partial charge in [-0.25, -0.2) is 9.50 Å². The Morgan fingerprint density at radius 1 is 1.33 bits per heavy atom. The van der Waals surface area contributed by atoms with E-state index in [-0.39, 0.29) is 0 Å². The van der Waals surface area contributed by atoms with Crippen molar-refractivity contribution >= 4 is 22.9 Å². The van der Waals surface area contributed by atoms with Crippen LogP contribution in [0.2, 0.25) is 0 Å². The van der Waals surface area contributed by atoms with Gasteiger partial charge in [-0.15, -0.1) is 11.6 Å². The maximum absolute atomic E-state index is 5.60. The maximum atomic E-state index is 5.60. The summed E-state index contributed by atoms with van der Waals surface area (Å²) in [5.74, 6) is 1.59. The van der Waals surface area contributed by atoms with Gasteiger partial charge in [-0.05, 0) is 18.9 Å². The Kier molecular flexibility index (Phi) is 3.40. The standard InChI is InChI=1S/C10H13ClN4/c11-4-1-2-5-12-10-9-3-6-14-15(9)8-7-13-10/h3,6-8H,1-2,4-5H2,(H,12,13). The Morgan fingerprint density at radius 2 is 2.27 bits per heavy atom. The van der Waals surface area contributed by atoms with Crippen LogP contribution in [0.25, 0.3) is 5.52 Å². The van der Waals surface area contributed by atoms with Crippen LogP contribution in [0.3, 0.4) is 0 Å². The second kappa shape index (κ2) is 4.98. The van der Waals surface area contributed by atoms with Gasteiger partial charge in [-0.1, -0.05) is 0 Å². The number of nitrogens with zero attached hydrogens (tertiary/aromatic N) is 3. The molecular weight excluding hydrogens is 212 g/mol. The summed E-state index contributed by atoms with van der Waals surface area (Å²) in [6.45, 7) is 0.893. The summed E-state index contributed by atoms with van der Waals surface area (Å²) in [5, 5.41) is 7.42. The van der Waals surface area contributed by atoms with Gasteiger partial charge >= 0.3 is 0 Å². The average Bonchev–Trinajstić information content (AvgIpc) is 2.73. The summed E-state index contributed by atoms with van der Waals surface area (Å²) >= 11 is 5.60. The van der Waals surface area contributed by atoms with Crippen molar-refractivity contribution in [2.75, 3.05) is 17.7 Å². The summed E-state index contributed by atoms with van der Waals surface area (Å²) in [4.78, 5) is 4.27. The number of rotatable bonds is 5. The predicted octanol–water partition coefficient (Wildman–Crippen LogP) is 2.16. The van der Waals surface area contributed by atoms with E-state index < -0.39 is 0 Å². The molecule has 2 aromatic heterocycles. The van der Waals surface area contributed by atoms with Crippen molar-refractivity contribution in [3.8, 4) is 0 Å². The van der Waals surface area contributed by atoms with Gasteiger partial charge in [-0.2, -0.15) is 5.10 Å². The van der Waals surface area contributed by atoms with Crippen molar-refractivity contribution in [3.63, 3.8) is 0 Å². The summed E-state index contributed by atoms with van der Waals surface area (Å²) in [6, 6.07) is 1.94. The second-order valence-corrected chi connectivity index (χ2v) is 3.64. The van der Waals surface area contributed by atoms with Crippen LogP contribution in [0.5, 0.6) is 0 Å². The molecule has 0 fully saturated rings. The third kappa shape index (κ3) is 2.39. The lowest BCUT2D eigenvalue weighted by Gasteiger charge is -2.05. The first kappa shape index (κ1) is 10.2. The molecule has 0 spiro atoms. The molecule has 0 saturated carbocycles. The largest absolute Gasteiger partial charge is 0.368 e. The normalized spacial score (nSPS) is 10.7. The molecule has 5 heteroatoms. The van der Waals surface area contributed by atoms with E-state index >= 15 is 0 Å². The number of hydrogen-bond acceptors (Lipinski definition) is 3. The summed E-state index contributed by atoms with van der Waals surface area (Å²) in [5.41, 5.74) is 1.00. The van der Waals surface area contributed by atoms with Crippen molar-refractivity contribution in [3.05, 3.63) is 24.7 Å². The number of hydrogen-bond donors (Lipinski definition) is 1. The zero-order valence-corrected chi connectivity index (χ0v) is 9.11. The zero-order valence-electron chi connectivity index (χ0n) is 8.36. The lowest BCUT2D eigenvalue weighted by Crippen LogP contribution is -2.05. The smallest absolute Gasteiger partial charge is 0.152 e. The number of aromatic nitrogens is 3. The van der Waals surface area contributed by atoms with E-state index in [1.165, 1.54) is 0 Å². The predicted molar refractivity (Wildman–Crippen MR) is 61.4 cm³/mol. The molecule has 0 saturated heterocycles. The monoisotopic (exact) mass is 224 g/mol. The highest BCUT2D eigenvalue weighted by molar-refractivity contribution is 6.17. The van der Waals surface area contributed by atoms with Crippen LogP contribution in [-0.2, 0) is 0 Å². The summed E-state index contributed by atoms with van der Waals surface area (Å²) < 4.78 is 1.80. The van der Waals surface area contributed by atoms with E-state index in [1.807, 2.05) is 12.3 Å². The van der Waals surface area contributed by atoms with Gasteiger partial charge in [0.05, 0.1) is 6.20 Å². The first-order valence-corrected chi connectivity index (χ1v) is 5.53. The molecule has 0 aromatic carbocycles. The lowest BCUT2D eigenvalue weighted by molar-refractivity contribution is 0.834. The summed E-state index contributed by atoms with van der Waals surface area (Å²) in [7, 11) is 0. The van der Waals surface area contributed by atoms with E-state index in [0.717, 1.165) is 30.7 Å². The van der Waals surface area contributed by atoms with Crippen molar-refractivity contribution < 1.29 is 0 Å². The molecule has 80 valence electrons. The topological polar surface area (TPSA) is 42.2 Å². The van der Waals surface area contributed by atoms with Crippen molar-refractivity contribution in [1.29, 1.82) is 0 Å². The number of unbranched alkanes of at least 4 members (excludes halogenated alkanes) is 1. The minimum atomic E-state index is 0.714. The minimum absolute atomic E-state index is 0.714. The van der Waals surface area contributed by atoms with Crippen LogP contribution < -0.4 is 5.32 Å². The molecule has 0 radical (unpaired) electrons. The molecule has 0 aliphatic heterocycles. The van der Waals surface area contributed by atoms with Crippen LogP contribution >= 0.6 is 11.6 Å². The molecule has 0 unspecified atom stereocenters. The first-order valence-electron chi connectivity index (χ1n) is 5.00. The van der Waals surface area contributed by atoms with E-state index in [1.54, 1.807) is 16.9 Å². The molecule has 2 aromatic rings. The highest BCUT2D eigenvalue weighted by atomic mass is 35.5. The molecular formula is C10H13ClN4. The van der Waals surface area contributed by atoms with Crippen LogP contribution in [0.15, 0.2) is 24.7 Å². The first-order chi connectivity index (χ1) is 7.42. The number of nitrogens with one attached hydrogen (secondary N) is 1. The van der Waals surface area contributed by atoms with Crippen LogP contribution in [0.1, 0.15) is 12.8 Å². The Balaban J connectivity index is 2.04. The van der Waals surface area contributed by atoms with E-state index in [9.17, 15) is 0 Å². The number of halogens is 1. The van der Waals surface area contributed by atoms with Gasteiger partial charge in [0.15, 0.2) is 5.82 Å². The van der Waals surface area contributed by atoms with Crippen LogP contribution in [0, 0.1) is 0 Å². The molecule has 0 atom stereocenters. The van der Waals surface area contributed by atoms with Gasteiger partial charge in [0.1, 0.15) is 5.52 Å². The van der Waals surface area contributed by atoms with E-state index in [0.29, 0.717) is 5.88 Å². The molecule has 0 amide bonds. The fourth-order valence-electron chi connectivity index (χ4n) is 1.42. The van der Waals surface area contributed by atoms with Gasteiger partial charge in [0.25, 0.3) is 0 Å². The molecule has 0 bridgehead atoms. The third-order valence-electron chi connectivity index (χ3n) is 2.18. The number of fused-ring (bicyclic) bond motifs is 1. The Hall–Kier alpha value is -1.29. The number of alkyl halides is 1. The summed E-state index contributed by atoms with van der Waals surface area (Å²) in [6.07, 6.45) is 7.42. The molecule has 2 rings (SSSR count). The van der Waals surface area contributed by atoms with Crippen molar-refractivity contribution in [1.82, 2.24) is 14.6 Å². The molecule has 1 N–H and O–H groups in total. The van der Waals surface area contributed by atoms with E-state index in [4.69, 9.17) is 11.6 Å². The third-order valence-corrected chi connectivity index (χ3v) is 2.44. The molecule has 0 aliphatic carbocycles. The van der Waals surface area contributed by atoms with Crippen molar-refractivity contribution in [2.45, 2.75) is 12.8 Å². The minimum Gasteiger partial charge on any atom is -0.368 e. The van der Waals surface area contributed by atoms with E-state index in [2.05, 4.69) is 15.4 Å². The SMILES string of the molecule is ClCCCCNc1nccn2nccc12. The molecule has 15 heavy (non-hydrogen) atoms. The maximum Gasteiger partial charge on any atom is 0.152 e. The zero-order chi connectivity index (χ0) is 10.5. The van der Waals surface area contributed by atoms with Crippen LogP contribution in [-0.4, -0.2) is 27.0 Å². The van der Waals surface area contributed by atoms with Gasteiger partial charge < -0.3 is 5.32 Å². The average molecular weight is 225 g/mol. The Bertz CT molecular complexity index is 426. The van der Waals surface area contributed by atoms with Crippen LogP contribution in [0.4, 0.5) is 5.82 Å². The Labute approximate surface area is 93.3 Å². The highest BCUT2D eigenvalue weighted by Gasteiger charge is 2.01. The quantitative estimate of drug-likeness (QED) is 0.625. The fraction of sp³-hybridized carbons (Fsp3) is 0.400. The molecule has 2 heterocycles. The number of anilines is 1. The van der Waals surface area contributed by atoms with Gasteiger partial charge in [-0.3, -0.25) is 0 Å². The fourth-order valence-corrected chi connectivity index (χ4v) is 1.61. The molecule has 0 aliphatic rings. The highest BCUT2D eigenvalue weighted by Crippen LogP contribution is 2.12. The van der Waals surface area contributed by atoms with Gasteiger partial charge in [0, 0.05) is 24.8 Å². The lowest BCUT2D eigenvalue weighted by atomic mass is 10.3. The van der Waals surface area contributed by atoms with Gasteiger partial charge in [0.2, 0.25) is 0 Å². The molecule has 4 nitrogen and oxygen atoms in total.